The number of halogens is 1. The van der Waals surface area contributed by atoms with E-state index in [1.165, 1.54) is 0 Å². The highest BCUT2D eigenvalue weighted by atomic mass is 35.5. The number of hydrogen-bond acceptors (Lipinski definition) is 8. The summed E-state index contributed by atoms with van der Waals surface area (Å²) in [5, 5.41) is 4.04. The molecule has 1 aliphatic heterocycles. The molecule has 1 N–H and O–H groups in total. The molecule has 2 aliphatic rings. The maximum absolute atomic E-state index is 13.8. The molecule has 0 spiro atoms. The van der Waals surface area contributed by atoms with E-state index >= 15 is 0 Å². The summed E-state index contributed by atoms with van der Waals surface area (Å²) in [6, 6.07) is 11.4. The maximum Gasteiger partial charge on any atom is 0.233 e. The molecule has 1 fully saturated rings. The smallest absolute Gasteiger partial charge is 0.233 e. The van der Waals surface area contributed by atoms with Crippen LogP contribution < -0.4 is 24.6 Å². The van der Waals surface area contributed by atoms with Gasteiger partial charge in [-0.25, -0.2) is 9.97 Å². The highest BCUT2D eigenvalue weighted by molar-refractivity contribution is 6.30. The van der Waals surface area contributed by atoms with Gasteiger partial charge in [-0.15, -0.1) is 0 Å². The molecule has 1 aromatic heterocycles. The van der Waals surface area contributed by atoms with E-state index < -0.39 is 6.04 Å². The number of nitrogens with one attached hydrogen (secondary N) is 1. The second kappa shape index (κ2) is 14.6. The molecule has 0 bridgehead atoms. The maximum atomic E-state index is 13.8. The number of amides is 1. The number of hydrogen-bond donors (Lipinski definition) is 1. The van der Waals surface area contributed by atoms with Crippen LogP contribution in [0.15, 0.2) is 48.8 Å². The third kappa shape index (κ3) is 7.76. The van der Waals surface area contributed by atoms with Crippen molar-refractivity contribution in [2.24, 2.45) is 5.92 Å². The first kappa shape index (κ1) is 32.7. The van der Waals surface area contributed by atoms with Crippen molar-refractivity contribution in [3.63, 3.8) is 0 Å². The van der Waals surface area contributed by atoms with Gasteiger partial charge in [-0.3, -0.25) is 14.5 Å². The summed E-state index contributed by atoms with van der Waals surface area (Å²) in [7, 11) is 3.65. The first-order valence-electron chi connectivity index (χ1n) is 15.9. The second-order valence-electron chi connectivity index (χ2n) is 12.4. The minimum atomic E-state index is -0.451. The van der Waals surface area contributed by atoms with Crippen LogP contribution in [0.3, 0.4) is 0 Å². The molecule has 1 atom stereocenters. The summed E-state index contributed by atoms with van der Waals surface area (Å²) < 4.78 is 11.7. The van der Waals surface area contributed by atoms with Gasteiger partial charge < -0.3 is 19.7 Å². The van der Waals surface area contributed by atoms with Crippen molar-refractivity contribution in [1.29, 1.82) is 0 Å². The van der Waals surface area contributed by atoms with E-state index in [1.807, 2.05) is 64.2 Å². The normalized spacial score (nSPS) is 19.8. The van der Waals surface area contributed by atoms with Gasteiger partial charge in [0, 0.05) is 31.1 Å². The Morgan fingerprint density at radius 2 is 1.82 bits per heavy atom. The van der Waals surface area contributed by atoms with Crippen LogP contribution in [0.4, 0.5) is 11.6 Å². The van der Waals surface area contributed by atoms with E-state index in [4.69, 9.17) is 31.0 Å². The van der Waals surface area contributed by atoms with E-state index in [1.54, 1.807) is 24.4 Å². The quantitative estimate of drug-likeness (QED) is 0.253. The monoisotopic (exact) mass is 633 g/mol. The molecule has 0 saturated heterocycles. The molecular weight excluding hydrogens is 590 g/mol. The van der Waals surface area contributed by atoms with Gasteiger partial charge in [0.25, 0.3) is 0 Å². The standard InChI is InChI=1S/C35H44ClN5O4/c1-6-28(42)18-37-27-13-7-23(8-14-27)21-40(4)32-19-39-33(20-38-32)41-34(43)16-25-15-30(44-5)31(45-22(2)3)17-29(25)35(41)24-9-11-26(36)12-10-24/h9-12,15,17,19-20,22-23,27,35,37H,6-8,13-14,16,18,21H2,1-5H3. The summed E-state index contributed by atoms with van der Waals surface area (Å²) in [4.78, 5) is 38.9. The van der Waals surface area contributed by atoms with Crippen LogP contribution in [0.1, 0.15) is 75.6 Å². The lowest BCUT2D eigenvalue weighted by Gasteiger charge is -2.37. The third-order valence-corrected chi connectivity index (χ3v) is 9.01. The largest absolute Gasteiger partial charge is 0.493 e. The molecule has 3 aromatic rings. The predicted molar refractivity (Wildman–Crippen MR) is 178 cm³/mol. The van der Waals surface area contributed by atoms with Crippen molar-refractivity contribution in [3.05, 3.63) is 70.5 Å². The molecule has 5 rings (SSSR count). The molecule has 2 aromatic carbocycles. The van der Waals surface area contributed by atoms with E-state index in [9.17, 15) is 9.59 Å². The Kier molecular flexibility index (Phi) is 10.6. The van der Waals surface area contributed by atoms with Gasteiger partial charge in [0.1, 0.15) is 11.6 Å². The average Bonchev–Trinajstić information content (AvgIpc) is 3.04. The lowest BCUT2D eigenvalue weighted by Crippen LogP contribution is -2.41. The number of aromatic nitrogens is 2. The summed E-state index contributed by atoms with van der Waals surface area (Å²) in [6.07, 6.45) is 8.52. The molecule has 1 amide bonds. The number of ether oxygens (including phenoxy) is 2. The Bertz CT molecular complexity index is 1470. The molecule has 10 heteroatoms. The molecule has 1 unspecified atom stereocenters. The number of methoxy groups -OCH3 is 1. The number of carbonyl (C=O) groups excluding carboxylic acids is 2. The number of Topliss-reactive ketones (excluding diaryl/α,β-unsaturated/α-hetero) is 1. The lowest BCUT2D eigenvalue weighted by molar-refractivity contribution is -0.119. The lowest BCUT2D eigenvalue weighted by atomic mass is 9.85. The summed E-state index contributed by atoms with van der Waals surface area (Å²) in [5.74, 6) is 3.20. The fourth-order valence-electron chi connectivity index (χ4n) is 6.34. The first-order chi connectivity index (χ1) is 21.7. The Morgan fingerprint density at radius 3 is 2.44 bits per heavy atom. The van der Waals surface area contributed by atoms with E-state index in [2.05, 4.69) is 10.2 Å². The van der Waals surface area contributed by atoms with E-state index in [0.717, 1.165) is 54.7 Å². The van der Waals surface area contributed by atoms with Crippen LogP contribution >= 0.6 is 11.6 Å². The predicted octanol–water partition coefficient (Wildman–Crippen LogP) is 6.17. The number of fused-ring (bicyclic) bond motifs is 1. The second-order valence-corrected chi connectivity index (χ2v) is 12.8. The zero-order valence-corrected chi connectivity index (χ0v) is 27.6. The van der Waals surface area contributed by atoms with Gasteiger partial charge in [0.05, 0.1) is 44.6 Å². The number of benzene rings is 2. The molecule has 0 radical (unpaired) electrons. The number of nitrogens with zero attached hydrogens (tertiary/aromatic N) is 4. The van der Waals surface area contributed by atoms with E-state index in [0.29, 0.717) is 47.3 Å². The number of rotatable bonds is 12. The molecule has 2 heterocycles. The number of ketones is 1. The molecule has 1 saturated carbocycles. The summed E-state index contributed by atoms with van der Waals surface area (Å²) in [5.41, 5.74) is 2.73. The number of carbonyl (C=O) groups is 2. The number of anilines is 2. The summed E-state index contributed by atoms with van der Waals surface area (Å²) in [6.45, 7) is 7.19. The molecule has 1 aliphatic carbocycles. The Hall–Kier alpha value is -3.69. The van der Waals surface area contributed by atoms with Crippen molar-refractivity contribution < 1.29 is 19.1 Å². The summed E-state index contributed by atoms with van der Waals surface area (Å²) >= 11 is 6.25. The van der Waals surface area contributed by atoms with Gasteiger partial charge in [0.2, 0.25) is 5.91 Å². The first-order valence-corrected chi connectivity index (χ1v) is 16.3. The molecule has 45 heavy (non-hydrogen) atoms. The van der Waals surface area contributed by atoms with Crippen molar-refractivity contribution in [1.82, 2.24) is 15.3 Å². The van der Waals surface area contributed by atoms with Crippen LogP contribution in [0.2, 0.25) is 5.02 Å². The van der Waals surface area contributed by atoms with Crippen molar-refractivity contribution in [2.45, 2.75) is 77.5 Å². The molecule has 240 valence electrons. The van der Waals surface area contributed by atoms with Crippen LogP contribution in [0.5, 0.6) is 11.5 Å². The van der Waals surface area contributed by atoms with Gasteiger partial charge in [0.15, 0.2) is 17.3 Å². The van der Waals surface area contributed by atoms with E-state index in [-0.39, 0.29) is 24.2 Å². The Morgan fingerprint density at radius 1 is 1.09 bits per heavy atom. The zero-order valence-electron chi connectivity index (χ0n) is 26.9. The molecular formula is C35H44ClN5O4. The highest BCUT2D eigenvalue weighted by Crippen LogP contribution is 2.43. The SMILES string of the molecule is CCC(=O)CNC1CCC(CN(C)c2cnc(N3C(=O)Cc4cc(OC)c(OC(C)C)cc4C3c3ccc(Cl)cc3)cn2)CC1. The minimum absolute atomic E-state index is 0.0502. The van der Waals surface area contributed by atoms with Gasteiger partial charge in [-0.1, -0.05) is 30.7 Å². The van der Waals surface area contributed by atoms with Crippen LogP contribution in [0.25, 0.3) is 0 Å². The topological polar surface area (TPSA) is 96.9 Å². The van der Waals surface area contributed by atoms with Gasteiger partial charge >= 0.3 is 0 Å². The van der Waals surface area contributed by atoms with Crippen molar-refractivity contribution >= 4 is 34.9 Å². The van der Waals surface area contributed by atoms with Crippen LogP contribution in [0, 0.1) is 5.92 Å². The van der Waals surface area contributed by atoms with Crippen molar-refractivity contribution in [2.75, 3.05) is 37.0 Å². The Labute approximate surface area is 271 Å². The zero-order chi connectivity index (χ0) is 32.1. The fourth-order valence-corrected chi connectivity index (χ4v) is 6.47. The minimum Gasteiger partial charge on any atom is -0.493 e. The molecule has 9 nitrogen and oxygen atoms in total. The van der Waals surface area contributed by atoms with Crippen molar-refractivity contribution in [3.8, 4) is 11.5 Å². The van der Waals surface area contributed by atoms with Crippen LogP contribution in [-0.4, -0.2) is 61.1 Å². The highest BCUT2D eigenvalue weighted by Gasteiger charge is 2.37. The van der Waals surface area contributed by atoms with Gasteiger partial charge in [-0.05, 0) is 86.4 Å². The average molecular weight is 634 g/mol. The third-order valence-electron chi connectivity index (χ3n) is 8.76. The fraction of sp³-hybridized carbons (Fsp3) is 0.486. The van der Waals surface area contributed by atoms with Crippen LogP contribution in [-0.2, 0) is 16.0 Å². The van der Waals surface area contributed by atoms with Gasteiger partial charge in [-0.2, -0.15) is 0 Å². The Balaban J connectivity index is 1.36.